The number of imide groups is 2. The Balaban J connectivity index is 0.995. The number of unbranched alkanes of at least 4 members (excludes halogenated alkanes) is 2. The lowest BCUT2D eigenvalue weighted by Gasteiger charge is -2.27. The summed E-state index contributed by atoms with van der Waals surface area (Å²) >= 11 is 3.30. The van der Waals surface area contributed by atoms with Crippen molar-refractivity contribution in [1.29, 1.82) is 0 Å². The Labute approximate surface area is 366 Å². The van der Waals surface area contributed by atoms with E-state index in [1.165, 1.54) is 6.07 Å². The average Bonchev–Trinajstić information content (AvgIpc) is 3.50. The highest BCUT2D eigenvalue weighted by molar-refractivity contribution is 9.09. The van der Waals surface area contributed by atoms with Crippen molar-refractivity contribution in [1.82, 2.24) is 10.2 Å². The van der Waals surface area contributed by atoms with Crippen LogP contribution in [-0.4, -0.2) is 191 Å². The Morgan fingerprint density at radius 3 is 1.43 bits per heavy atom. The maximum absolute atomic E-state index is 13.2. The molecule has 2 heterocycles. The smallest absolute Gasteiger partial charge is 0.264 e. The van der Waals surface area contributed by atoms with Gasteiger partial charge in [-0.05, 0) is 31.4 Å². The lowest BCUT2D eigenvalue weighted by atomic mass is 10.0. The zero-order valence-electron chi connectivity index (χ0n) is 35.2. The first-order valence-corrected chi connectivity index (χ1v) is 22.1. The molecule has 2 N–H and O–H groups in total. The largest absolute Gasteiger partial charge is 0.379 e. The number of fused-ring (bicyclic) bond motifs is 1. The van der Waals surface area contributed by atoms with E-state index in [0.29, 0.717) is 152 Å². The number of alkyl halides is 1. The Hall–Kier alpha value is -2.99. The maximum Gasteiger partial charge on any atom is 0.264 e. The summed E-state index contributed by atoms with van der Waals surface area (Å²) in [5.74, 6) is -2.72. The molecule has 0 radical (unpaired) electrons. The molecule has 1 saturated heterocycles. The van der Waals surface area contributed by atoms with Crippen LogP contribution in [0.25, 0.3) is 0 Å². The third-order valence-corrected chi connectivity index (χ3v) is 9.20. The Morgan fingerprint density at radius 1 is 0.574 bits per heavy atom. The van der Waals surface area contributed by atoms with Crippen LogP contribution in [0.4, 0.5) is 5.69 Å². The molecule has 1 unspecified atom stereocenters. The summed E-state index contributed by atoms with van der Waals surface area (Å²) in [7, 11) is 0. The fourth-order valence-corrected chi connectivity index (χ4v) is 6.08. The van der Waals surface area contributed by atoms with Crippen molar-refractivity contribution >= 4 is 51.2 Å². The Kier molecular flexibility index (Phi) is 29.6. The number of nitrogens with one attached hydrogen (secondary N) is 2. The molecular weight excluding hydrogens is 870 g/mol. The van der Waals surface area contributed by atoms with Crippen LogP contribution in [0.1, 0.15) is 59.2 Å². The summed E-state index contributed by atoms with van der Waals surface area (Å²) in [6.45, 7) is 11.0. The van der Waals surface area contributed by atoms with Crippen LogP contribution >= 0.6 is 15.9 Å². The number of carbonyl (C=O) groups excluding carboxylic acids is 5. The summed E-state index contributed by atoms with van der Waals surface area (Å²) in [6, 6.07) is 3.53. The van der Waals surface area contributed by atoms with E-state index in [-0.39, 0.29) is 42.0 Å². The predicted molar refractivity (Wildman–Crippen MR) is 223 cm³/mol. The molecule has 1 aromatic rings. The molecule has 0 aliphatic carbocycles. The van der Waals surface area contributed by atoms with Gasteiger partial charge in [-0.2, -0.15) is 0 Å². The lowest BCUT2D eigenvalue weighted by Crippen LogP contribution is -2.54. The summed E-state index contributed by atoms with van der Waals surface area (Å²) in [5.41, 5.74) is 0.380. The molecule has 0 aromatic heterocycles. The van der Waals surface area contributed by atoms with E-state index in [0.717, 1.165) is 23.1 Å². The molecule has 346 valence electrons. The number of anilines is 1. The van der Waals surface area contributed by atoms with Gasteiger partial charge >= 0.3 is 0 Å². The van der Waals surface area contributed by atoms with E-state index in [1.807, 2.05) is 0 Å². The first kappa shape index (κ1) is 52.4. The fraction of sp³-hybridized carbons (Fsp3) is 0.732. The molecular formula is C41H64BrN3O16. The van der Waals surface area contributed by atoms with Crippen molar-refractivity contribution < 1.29 is 76.1 Å². The average molecular weight is 935 g/mol. The molecule has 1 atom stereocenters. The number of ether oxygens (including phenoxy) is 11. The normalized spacial score (nSPS) is 15.2. The van der Waals surface area contributed by atoms with E-state index in [4.69, 9.17) is 52.1 Å². The molecule has 1 fully saturated rings. The Morgan fingerprint density at radius 2 is 1.00 bits per heavy atom. The van der Waals surface area contributed by atoms with Crippen molar-refractivity contribution in [3.8, 4) is 0 Å². The van der Waals surface area contributed by atoms with Gasteiger partial charge in [0, 0.05) is 24.8 Å². The van der Waals surface area contributed by atoms with Gasteiger partial charge in [0.25, 0.3) is 11.8 Å². The molecule has 20 heteroatoms. The van der Waals surface area contributed by atoms with Gasteiger partial charge in [0.1, 0.15) is 6.04 Å². The van der Waals surface area contributed by atoms with Gasteiger partial charge in [-0.1, -0.05) is 28.4 Å². The molecule has 3 rings (SSSR count). The molecule has 5 amide bonds. The van der Waals surface area contributed by atoms with Crippen LogP contribution in [0.15, 0.2) is 18.2 Å². The number of hydrogen-bond donors (Lipinski definition) is 2. The van der Waals surface area contributed by atoms with Crippen LogP contribution < -0.4 is 10.6 Å². The van der Waals surface area contributed by atoms with E-state index >= 15 is 0 Å². The second-order valence-corrected chi connectivity index (χ2v) is 14.3. The third kappa shape index (κ3) is 22.8. The predicted octanol–water partition coefficient (Wildman–Crippen LogP) is 2.16. The quantitative estimate of drug-likeness (QED) is 0.0548. The van der Waals surface area contributed by atoms with Gasteiger partial charge in [0.2, 0.25) is 17.7 Å². The van der Waals surface area contributed by atoms with Gasteiger partial charge in [0.15, 0.2) is 0 Å². The third-order valence-electron chi connectivity index (χ3n) is 8.88. The van der Waals surface area contributed by atoms with E-state index < -0.39 is 29.7 Å². The first-order chi connectivity index (χ1) is 29.9. The van der Waals surface area contributed by atoms with Gasteiger partial charge in [0.05, 0.1) is 156 Å². The molecule has 19 nitrogen and oxygen atoms in total. The number of nitrogens with zero attached hydrogens (tertiary/aromatic N) is 1. The first-order valence-electron chi connectivity index (χ1n) is 21.0. The van der Waals surface area contributed by atoms with Crippen molar-refractivity contribution in [2.24, 2.45) is 0 Å². The number of hydrogen-bond acceptors (Lipinski definition) is 16. The minimum atomic E-state index is -1.07. The van der Waals surface area contributed by atoms with Crippen LogP contribution in [0, 0.1) is 0 Å². The second kappa shape index (κ2) is 34.5. The maximum atomic E-state index is 13.2. The zero-order chi connectivity index (χ0) is 43.6. The monoisotopic (exact) mass is 933 g/mol. The number of benzene rings is 1. The fourth-order valence-electron chi connectivity index (χ4n) is 5.85. The number of rotatable bonds is 40. The number of amides is 5. The van der Waals surface area contributed by atoms with Crippen molar-refractivity contribution in [3.05, 3.63) is 29.3 Å². The standard InChI is InChI=1S/C41H64BrN3O16/c42-10-12-52-14-16-54-18-20-56-22-24-58-26-28-60-30-32-61-31-29-59-27-25-57-23-21-55-19-17-53-15-13-51-11-3-1-2-7-36(46)43-34-6-4-5-33-38(34)41(50)45(40(33)49)35-8-9-37(47)44-39(35)48/h4-6,35H,1-3,7-32H2,(H,43,46)(H,44,47,48). The van der Waals surface area contributed by atoms with Crippen molar-refractivity contribution in [2.75, 3.05) is 156 Å². The summed E-state index contributed by atoms with van der Waals surface area (Å²) in [4.78, 5) is 63.6. The van der Waals surface area contributed by atoms with Gasteiger partial charge < -0.3 is 57.4 Å². The molecule has 2 aliphatic rings. The number of piperidine rings is 1. The minimum absolute atomic E-state index is 0.0275. The van der Waals surface area contributed by atoms with Crippen LogP contribution in [-0.2, 0) is 66.5 Å². The SMILES string of the molecule is O=C1CCC(N2C(=O)c3cccc(NC(=O)CCCCCOCCOCCOCCOCCOCCOCCOCCOCCOCCOCCOCCBr)c3C2=O)C(=O)N1. The van der Waals surface area contributed by atoms with E-state index in [1.54, 1.807) is 12.1 Å². The van der Waals surface area contributed by atoms with Gasteiger partial charge in [-0.3, -0.25) is 34.2 Å². The zero-order valence-corrected chi connectivity index (χ0v) is 36.8. The topological polar surface area (TPSA) is 214 Å². The molecule has 1 aromatic carbocycles. The highest BCUT2D eigenvalue weighted by Crippen LogP contribution is 2.32. The number of halogens is 1. The van der Waals surface area contributed by atoms with Crippen molar-refractivity contribution in [3.63, 3.8) is 0 Å². The minimum Gasteiger partial charge on any atom is -0.379 e. The summed E-state index contributed by atoms with van der Waals surface area (Å²) < 4.78 is 60.2. The Bertz CT molecular complexity index is 1410. The number of carbonyl (C=O) groups is 5. The van der Waals surface area contributed by atoms with Crippen LogP contribution in [0.2, 0.25) is 0 Å². The molecule has 61 heavy (non-hydrogen) atoms. The molecule has 0 spiro atoms. The summed E-state index contributed by atoms with van der Waals surface area (Å²) in [6.07, 6.45) is 2.44. The highest BCUT2D eigenvalue weighted by Gasteiger charge is 2.45. The van der Waals surface area contributed by atoms with E-state index in [2.05, 4.69) is 26.6 Å². The highest BCUT2D eigenvalue weighted by atomic mass is 79.9. The molecule has 0 saturated carbocycles. The van der Waals surface area contributed by atoms with Crippen molar-refractivity contribution in [2.45, 2.75) is 44.6 Å². The summed E-state index contributed by atoms with van der Waals surface area (Å²) in [5, 5.41) is 5.73. The molecule has 2 aliphatic heterocycles. The van der Waals surface area contributed by atoms with Crippen LogP contribution in [0.5, 0.6) is 0 Å². The molecule has 0 bridgehead atoms. The van der Waals surface area contributed by atoms with Gasteiger partial charge in [-0.25, -0.2) is 0 Å². The van der Waals surface area contributed by atoms with Crippen LogP contribution in [0.3, 0.4) is 0 Å². The van der Waals surface area contributed by atoms with E-state index in [9.17, 15) is 24.0 Å². The second-order valence-electron chi connectivity index (χ2n) is 13.5. The lowest BCUT2D eigenvalue weighted by molar-refractivity contribution is -0.136. The van der Waals surface area contributed by atoms with Gasteiger partial charge in [-0.15, -0.1) is 0 Å².